The van der Waals surface area contributed by atoms with Gasteiger partial charge in [-0.3, -0.25) is 4.79 Å². The number of halogens is 1. The smallest absolute Gasteiger partial charge is 0.273 e. The van der Waals surface area contributed by atoms with Crippen molar-refractivity contribution in [1.29, 1.82) is 0 Å². The summed E-state index contributed by atoms with van der Waals surface area (Å²) in [6.07, 6.45) is 1.00. The van der Waals surface area contributed by atoms with E-state index in [9.17, 15) is 9.18 Å². The molecule has 0 radical (unpaired) electrons. The van der Waals surface area contributed by atoms with Crippen LogP contribution < -0.4 is 0 Å². The van der Waals surface area contributed by atoms with Crippen LogP contribution in [0, 0.1) is 11.7 Å². The van der Waals surface area contributed by atoms with Crippen molar-refractivity contribution in [3.63, 3.8) is 0 Å². The molecule has 2 aromatic rings. The van der Waals surface area contributed by atoms with Crippen LogP contribution in [0.3, 0.4) is 0 Å². The van der Waals surface area contributed by atoms with E-state index in [4.69, 9.17) is 4.74 Å². The topological polar surface area (TPSA) is 42.4 Å². The standard InChI is InChI=1S/C17H19FN2O2S/c1-2-20(9-12-7-8-22-10-12)17(21)15-11-23-16(19-15)13-3-5-14(18)6-4-13/h3-6,11-12H,2,7-10H2,1H3/t12-/m0/s1. The van der Waals surface area contributed by atoms with Gasteiger partial charge in [0.05, 0.1) is 6.61 Å². The summed E-state index contributed by atoms with van der Waals surface area (Å²) in [5, 5.41) is 2.50. The molecule has 0 unspecified atom stereocenters. The number of nitrogens with zero attached hydrogens (tertiary/aromatic N) is 2. The third-order valence-corrected chi connectivity index (χ3v) is 4.88. The molecule has 1 amide bonds. The zero-order valence-electron chi connectivity index (χ0n) is 13.0. The van der Waals surface area contributed by atoms with Crippen molar-refractivity contribution < 1.29 is 13.9 Å². The van der Waals surface area contributed by atoms with E-state index in [1.807, 2.05) is 11.8 Å². The summed E-state index contributed by atoms with van der Waals surface area (Å²) in [5.74, 6) is 0.0793. The van der Waals surface area contributed by atoms with Crippen LogP contribution in [-0.4, -0.2) is 42.1 Å². The third kappa shape index (κ3) is 3.76. The minimum atomic E-state index is -0.280. The second-order valence-electron chi connectivity index (χ2n) is 5.62. The fourth-order valence-corrected chi connectivity index (χ4v) is 3.45. The van der Waals surface area contributed by atoms with Crippen molar-refractivity contribution in [2.45, 2.75) is 13.3 Å². The van der Waals surface area contributed by atoms with Crippen LogP contribution >= 0.6 is 11.3 Å². The molecule has 1 aliphatic heterocycles. The molecule has 1 aromatic carbocycles. The van der Waals surface area contributed by atoms with Gasteiger partial charge in [-0.25, -0.2) is 9.37 Å². The molecule has 0 spiro atoms. The van der Waals surface area contributed by atoms with Gasteiger partial charge in [-0.1, -0.05) is 0 Å². The van der Waals surface area contributed by atoms with Gasteiger partial charge in [0.2, 0.25) is 0 Å². The summed E-state index contributed by atoms with van der Waals surface area (Å²) in [7, 11) is 0. The molecule has 1 fully saturated rings. The summed E-state index contributed by atoms with van der Waals surface area (Å²) < 4.78 is 18.4. The van der Waals surface area contributed by atoms with Crippen LogP contribution in [0.15, 0.2) is 29.6 Å². The molecule has 0 saturated carbocycles. The third-order valence-electron chi connectivity index (χ3n) is 3.99. The van der Waals surface area contributed by atoms with Gasteiger partial charge in [0.15, 0.2) is 0 Å². The number of hydrogen-bond donors (Lipinski definition) is 0. The van der Waals surface area contributed by atoms with Crippen molar-refractivity contribution in [1.82, 2.24) is 9.88 Å². The number of carbonyl (C=O) groups excluding carboxylic acids is 1. The van der Waals surface area contributed by atoms with Crippen molar-refractivity contribution in [3.05, 3.63) is 41.2 Å². The molecule has 3 rings (SSSR count). The summed E-state index contributed by atoms with van der Waals surface area (Å²) in [5.41, 5.74) is 1.28. The van der Waals surface area contributed by atoms with Gasteiger partial charge in [-0.2, -0.15) is 0 Å². The Morgan fingerprint density at radius 1 is 1.43 bits per heavy atom. The van der Waals surface area contributed by atoms with E-state index < -0.39 is 0 Å². The molecular weight excluding hydrogens is 315 g/mol. The Labute approximate surface area is 138 Å². The zero-order valence-corrected chi connectivity index (χ0v) is 13.8. The molecule has 0 N–H and O–H groups in total. The van der Waals surface area contributed by atoms with E-state index in [0.717, 1.165) is 30.2 Å². The Kier molecular flexibility index (Phi) is 5.03. The minimum absolute atomic E-state index is 0.0518. The summed E-state index contributed by atoms with van der Waals surface area (Å²) in [4.78, 5) is 18.9. The first-order valence-electron chi connectivity index (χ1n) is 7.76. The number of hydrogen-bond acceptors (Lipinski definition) is 4. The Bertz CT molecular complexity index is 665. The molecular formula is C17H19FN2O2S. The molecule has 122 valence electrons. The highest BCUT2D eigenvalue weighted by molar-refractivity contribution is 7.13. The van der Waals surface area contributed by atoms with E-state index in [2.05, 4.69) is 4.98 Å². The number of rotatable bonds is 5. The molecule has 2 heterocycles. The number of aromatic nitrogens is 1. The number of ether oxygens (including phenoxy) is 1. The normalized spacial score (nSPS) is 17.4. The number of amides is 1. The Hall–Kier alpha value is -1.79. The molecule has 0 aliphatic carbocycles. The van der Waals surface area contributed by atoms with Gasteiger partial charge in [0, 0.05) is 36.6 Å². The Balaban J connectivity index is 1.72. The average Bonchev–Trinajstić information content (AvgIpc) is 3.24. The van der Waals surface area contributed by atoms with Gasteiger partial charge in [0.25, 0.3) is 5.91 Å². The van der Waals surface area contributed by atoms with E-state index in [1.165, 1.54) is 23.5 Å². The van der Waals surface area contributed by atoms with Gasteiger partial charge < -0.3 is 9.64 Å². The average molecular weight is 334 g/mol. The van der Waals surface area contributed by atoms with Gasteiger partial charge in [-0.05, 0) is 37.6 Å². The van der Waals surface area contributed by atoms with Crippen molar-refractivity contribution >= 4 is 17.2 Å². The SMILES string of the molecule is CCN(C[C@@H]1CCOC1)C(=O)c1csc(-c2ccc(F)cc2)n1. The maximum atomic E-state index is 13.0. The summed E-state index contributed by atoms with van der Waals surface area (Å²) >= 11 is 1.40. The summed E-state index contributed by atoms with van der Waals surface area (Å²) in [6, 6.07) is 6.15. The molecule has 23 heavy (non-hydrogen) atoms. The number of carbonyl (C=O) groups is 1. The van der Waals surface area contributed by atoms with E-state index in [0.29, 0.717) is 24.7 Å². The molecule has 1 aliphatic rings. The Morgan fingerprint density at radius 3 is 2.87 bits per heavy atom. The van der Waals surface area contributed by atoms with Crippen LogP contribution in [-0.2, 0) is 4.74 Å². The highest BCUT2D eigenvalue weighted by Gasteiger charge is 2.23. The largest absolute Gasteiger partial charge is 0.381 e. The second-order valence-corrected chi connectivity index (χ2v) is 6.48. The molecule has 1 saturated heterocycles. The number of thiazole rings is 1. The van der Waals surface area contributed by atoms with Gasteiger partial charge in [-0.15, -0.1) is 11.3 Å². The van der Waals surface area contributed by atoms with Crippen LogP contribution in [0.2, 0.25) is 0 Å². The van der Waals surface area contributed by atoms with Crippen molar-refractivity contribution in [2.24, 2.45) is 5.92 Å². The van der Waals surface area contributed by atoms with Crippen LogP contribution in [0.1, 0.15) is 23.8 Å². The lowest BCUT2D eigenvalue weighted by molar-refractivity contribution is 0.0726. The van der Waals surface area contributed by atoms with Gasteiger partial charge in [0.1, 0.15) is 16.5 Å². The van der Waals surface area contributed by atoms with E-state index >= 15 is 0 Å². The first-order chi connectivity index (χ1) is 11.2. The lowest BCUT2D eigenvalue weighted by Gasteiger charge is -2.22. The lowest BCUT2D eigenvalue weighted by atomic mass is 10.1. The van der Waals surface area contributed by atoms with Crippen LogP contribution in [0.25, 0.3) is 10.6 Å². The summed E-state index contributed by atoms with van der Waals surface area (Å²) in [6.45, 7) is 4.84. The van der Waals surface area contributed by atoms with Crippen LogP contribution in [0.4, 0.5) is 4.39 Å². The molecule has 0 bridgehead atoms. The monoisotopic (exact) mass is 334 g/mol. The predicted octanol–water partition coefficient (Wildman–Crippen LogP) is 3.45. The van der Waals surface area contributed by atoms with E-state index in [1.54, 1.807) is 17.5 Å². The van der Waals surface area contributed by atoms with Gasteiger partial charge >= 0.3 is 0 Å². The first kappa shape index (κ1) is 16.1. The highest BCUT2D eigenvalue weighted by Crippen LogP contribution is 2.25. The second kappa shape index (κ2) is 7.19. The zero-order chi connectivity index (χ0) is 16.2. The quantitative estimate of drug-likeness (QED) is 0.841. The van der Waals surface area contributed by atoms with E-state index in [-0.39, 0.29) is 11.7 Å². The highest BCUT2D eigenvalue weighted by atomic mass is 32.1. The lowest BCUT2D eigenvalue weighted by Crippen LogP contribution is -2.35. The number of benzene rings is 1. The van der Waals surface area contributed by atoms with Crippen LogP contribution in [0.5, 0.6) is 0 Å². The van der Waals surface area contributed by atoms with Crippen molar-refractivity contribution in [2.75, 3.05) is 26.3 Å². The molecule has 1 atom stereocenters. The van der Waals surface area contributed by atoms with Crippen molar-refractivity contribution in [3.8, 4) is 10.6 Å². The first-order valence-corrected chi connectivity index (χ1v) is 8.64. The molecule has 6 heteroatoms. The maximum Gasteiger partial charge on any atom is 0.273 e. The Morgan fingerprint density at radius 2 is 2.22 bits per heavy atom. The molecule has 4 nitrogen and oxygen atoms in total. The maximum absolute atomic E-state index is 13.0. The predicted molar refractivity (Wildman–Crippen MR) is 88.0 cm³/mol. The fraction of sp³-hybridized carbons (Fsp3) is 0.412. The molecule has 1 aromatic heterocycles. The minimum Gasteiger partial charge on any atom is -0.381 e. The fourth-order valence-electron chi connectivity index (χ4n) is 2.65.